The van der Waals surface area contributed by atoms with Gasteiger partial charge in [-0.2, -0.15) is 0 Å². The molecule has 1 aromatic carbocycles. The molecule has 1 saturated heterocycles. The van der Waals surface area contributed by atoms with E-state index in [2.05, 4.69) is 25.7 Å². The smallest absolute Gasteiger partial charge is 0.292 e. The van der Waals surface area contributed by atoms with Gasteiger partial charge in [-0.15, -0.1) is 0 Å². The molecular formula is C16H23N2O2S2+. The highest BCUT2D eigenvalue weighted by Gasteiger charge is 2.52. The maximum Gasteiger partial charge on any atom is 0.292 e. The second-order valence-electron chi connectivity index (χ2n) is 5.99. The molecule has 1 heterocycles. The van der Waals surface area contributed by atoms with Gasteiger partial charge in [-0.25, -0.2) is 0 Å². The third kappa shape index (κ3) is 3.73. The van der Waals surface area contributed by atoms with Gasteiger partial charge in [-0.3, -0.25) is 10.1 Å². The summed E-state index contributed by atoms with van der Waals surface area (Å²) in [5.74, 6) is 0.212. The molecule has 0 amide bonds. The Labute approximate surface area is 141 Å². The number of phenols is 1. The van der Waals surface area contributed by atoms with Crippen LogP contribution < -0.4 is 0 Å². The fourth-order valence-electron chi connectivity index (χ4n) is 2.60. The van der Waals surface area contributed by atoms with Gasteiger partial charge in [0, 0.05) is 12.1 Å². The molecule has 1 unspecified atom stereocenters. The van der Waals surface area contributed by atoms with Crippen molar-refractivity contribution in [3.05, 3.63) is 29.8 Å². The molecule has 22 heavy (non-hydrogen) atoms. The standard InChI is InChI=1S/C16H22N2O2S2/c1-4-5-10-17-14(16(2,3)22-15(17)21)18(20)11-12-6-8-13(19)9-7-12/h6-9,11,14,20H,4-5,10H2,1-3H3/p+1. The zero-order valence-corrected chi connectivity index (χ0v) is 14.8. The number of thiocarbonyl (C=S) groups is 1. The molecule has 0 aromatic heterocycles. The lowest BCUT2D eigenvalue weighted by Gasteiger charge is -2.25. The van der Waals surface area contributed by atoms with Crippen LogP contribution >= 0.6 is 24.0 Å². The Hall–Kier alpha value is -1.27. The number of hydroxylamine groups is 1. The number of aromatic hydroxyl groups is 1. The first-order chi connectivity index (χ1) is 10.3. The number of benzene rings is 1. The molecule has 1 atom stereocenters. The van der Waals surface area contributed by atoms with Crippen LogP contribution in [0, 0.1) is 0 Å². The largest absolute Gasteiger partial charge is 0.508 e. The van der Waals surface area contributed by atoms with Crippen LogP contribution in [0.1, 0.15) is 39.2 Å². The van der Waals surface area contributed by atoms with Crippen molar-refractivity contribution in [1.29, 1.82) is 0 Å². The molecule has 120 valence electrons. The summed E-state index contributed by atoms with van der Waals surface area (Å²) in [6, 6.07) is 6.74. The van der Waals surface area contributed by atoms with Gasteiger partial charge in [-0.05, 0) is 49.3 Å². The van der Waals surface area contributed by atoms with Crippen LogP contribution in [0.15, 0.2) is 24.3 Å². The molecule has 1 aromatic rings. The van der Waals surface area contributed by atoms with E-state index in [1.54, 1.807) is 42.2 Å². The summed E-state index contributed by atoms with van der Waals surface area (Å²) in [7, 11) is 0. The van der Waals surface area contributed by atoms with E-state index in [4.69, 9.17) is 12.2 Å². The van der Waals surface area contributed by atoms with Gasteiger partial charge in [0.2, 0.25) is 6.21 Å². The van der Waals surface area contributed by atoms with Crippen LogP contribution in [0.3, 0.4) is 0 Å². The third-order valence-corrected chi connectivity index (χ3v) is 5.31. The Morgan fingerprint density at radius 3 is 2.59 bits per heavy atom. The number of unbranched alkanes of at least 4 members (excludes halogenated alkanes) is 1. The van der Waals surface area contributed by atoms with E-state index >= 15 is 0 Å². The molecule has 0 spiro atoms. The fraction of sp³-hybridized carbons (Fsp3) is 0.500. The average molecular weight is 340 g/mol. The molecule has 2 rings (SSSR count). The minimum atomic E-state index is -0.203. The first kappa shape index (κ1) is 17.1. The van der Waals surface area contributed by atoms with Crippen molar-refractivity contribution in [2.24, 2.45) is 0 Å². The Kier molecular flexibility index (Phi) is 5.34. The van der Waals surface area contributed by atoms with Crippen molar-refractivity contribution < 1.29 is 15.1 Å². The van der Waals surface area contributed by atoms with Crippen LogP contribution in [-0.4, -0.2) is 47.9 Å². The summed E-state index contributed by atoms with van der Waals surface area (Å²) >= 11 is 7.11. The second-order valence-corrected chi connectivity index (χ2v) is 8.28. The fourth-order valence-corrected chi connectivity index (χ4v) is 4.53. The summed E-state index contributed by atoms with van der Waals surface area (Å²) in [5.41, 5.74) is 0.828. The lowest BCUT2D eigenvalue weighted by Crippen LogP contribution is -2.49. The quantitative estimate of drug-likeness (QED) is 0.283. The second kappa shape index (κ2) is 6.87. The van der Waals surface area contributed by atoms with Crippen LogP contribution in [-0.2, 0) is 0 Å². The SMILES string of the molecule is CCCCN1C(=S)SC(C)(C)C1[N+](O)=Cc1ccc(O)cc1. The van der Waals surface area contributed by atoms with E-state index in [1.165, 1.54) is 4.74 Å². The van der Waals surface area contributed by atoms with Gasteiger partial charge in [0.25, 0.3) is 6.17 Å². The third-order valence-electron chi connectivity index (χ3n) is 3.68. The molecule has 1 aliphatic heterocycles. The molecule has 0 bridgehead atoms. The highest BCUT2D eigenvalue weighted by Crippen LogP contribution is 2.41. The minimum absolute atomic E-state index is 0.201. The molecule has 2 N–H and O–H groups in total. The van der Waals surface area contributed by atoms with Crippen LogP contribution in [0.2, 0.25) is 0 Å². The number of nitrogens with zero attached hydrogens (tertiary/aromatic N) is 2. The first-order valence-corrected chi connectivity index (χ1v) is 8.68. The topological polar surface area (TPSA) is 46.7 Å². The first-order valence-electron chi connectivity index (χ1n) is 7.46. The van der Waals surface area contributed by atoms with E-state index in [9.17, 15) is 10.3 Å². The van der Waals surface area contributed by atoms with Crippen molar-refractivity contribution in [3.63, 3.8) is 0 Å². The highest BCUT2D eigenvalue weighted by molar-refractivity contribution is 8.24. The van der Waals surface area contributed by atoms with Crippen molar-refractivity contribution in [1.82, 2.24) is 4.90 Å². The normalized spacial score (nSPS) is 21.4. The molecule has 1 aliphatic rings. The van der Waals surface area contributed by atoms with E-state index in [0.29, 0.717) is 0 Å². The van der Waals surface area contributed by atoms with Gasteiger partial charge in [0.1, 0.15) is 14.8 Å². The highest BCUT2D eigenvalue weighted by atomic mass is 32.2. The van der Waals surface area contributed by atoms with Gasteiger partial charge in [0.05, 0.1) is 0 Å². The maximum absolute atomic E-state index is 10.6. The van der Waals surface area contributed by atoms with Gasteiger partial charge in [-0.1, -0.05) is 37.3 Å². The van der Waals surface area contributed by atoms with E-state index in [1.807, 2.05) is 0 Å². The Balaban J connectivity index is 2.28. The number of hydrogen-bond acceptors (Lipinski definition) is 4. The summed E-state index contributed by atoms with van der Waals surface area (Å²) in [6.07, 6.45) is 3.61. The minimum Gasteiger partial charge on any atom is -0.508 e. The van der Waals surface area contributed by atoms with Gasteiger partial charge in [0.15, 0.2) is 0 Å². The predicted molar refractivity (Wildman–Crippen MR) is 95.0 cm³/mol. The van der Waals surface area contributed by atoms with Crippen molar-refractivity contribution in [2.75, 3.05) is 6.54 Å². The van der Waals surface area contributed by atoms with Gasteiger partial charge < -0.3 is 5.11 Å². The number of thioether (sulfide) groups is 1. The molecule has 0 aliphatic carbocycles. The van der Waals surface area contributed by atoms with Crippen LogP contribution in [0.5, 0.6) is 5.75 Å². The summed E-state index contributed by atoms with van der Waals surface area (Å²) in [4.78, 5) is 2.10. The van der Waals surface area contributed by atoms with E-state index < -0.39 is 0 Å². The molecule has 0 radical (unpaired) electrons. The van der Waals surface area contributed by atoms with Crippen LogP contribution in [0.4, 0.5) is 0 Å². The average Bonchev–Trinajstić information content (AvgIpc) is 2.67. The summed E-state index contributed by atoms with van der Waals surface area (Å²) in [6.45, 7) is 7.17. The number of phenolic OH excluding ortho intramolecular Hbond substituents is 1. The Morgan fingerprint density at radius 2 is 2.00 bits per heavy atom. The van der Waals surface area contributed by atoms with Crippen molar-refractivity contribution in [2.45, 2.75) is 44.5 Å². The summed E-state index contributed by atoms with van der Waals surface area (Å²) < 4.78 is 1.88. The Morgan fingerprint density at radius 1 is 1.36 bits per heavy atom. The van der Waals surface area contributed by atoms with Crippen molar-refractivity contribution >= 4 is 34.5 Å². The number of hydrogen-bond donors (Lipinski definition) is 2. The molecule has 0 saturated carbocycles. The molecule has 6 heteroatoms. The lowest BCUT2D eigenvalue weighted by atomic mass is 10.1. The molecule has 1 fully saturated rings. The Bertz CT molecular complexity index is 570. The van der Waals surface area contributed by atoms with E-state index in [-0.39, 0.29) is 16.7 Å². The lowest BCUT2D eigenvalue weighted by molar-refractivity contribution is -0.808. The molecular weight excluding hydrogens is 316 g/mol. The van der Waals surface area contributed by atoms with E-state index in [0.717, 1.165) is 29.3 Å². The maximum atomic E-state index is 10.6. The monoisotopic (exact) mass is 339 g/mol. The zero-order valence-electron chi connectivity index (χ0n) is 13.2. The van der Waals surface area contributed by atoms with Crippen LogP contribution in [0.25, 0.3) is 0 Å². The number of rotatable bonds is 5. The summed E-state index contributed by atoms with van der Waals surface area (Å²) in [5, 5.41) is 19.9. The zero-order chi connectivity index (χ0) is 16.3. The predicted octanol–water partition coefficient (Wildman–Crippen LogP) is 3.45. The molecule has 4 nitrogen and oxygen atoms in total. The van der Waals surface area contributed by atoms with Gasteiger partial charge >= 0.3 is 0 Å². The van der Waals surface area contributed by atoms with Crippen molar-refractivity contribution in [3.8, 4) is 5.75 Å².